The molecule has 0 fully saturated rings. The maximum Gasteiger partial charge on any atom is 0.150 e. The van der Waals surface area contributed by atoms with E-state index in [-0.39, 0.29) is 4.58 Å². The van der Waals surface area contributed by atoms with E-state index in [4.69, 9.17) is 0 Å². The fourth-order valence-electron chi connectivity index (χ4n) is 1.06. The Morgan fingerprint density at radius 1 is 1.23 bits per heavy atom. The first-order valence-electron chi connectivity index (χ1n) is 4.12. The number of hydrogen-bond acceptors (Lipinski definition) is 3. The normalized spacial score (nSPS) is 10.4. The number of aryl methyl sites for hydroxylation is 1. The molecule has 0 N–H and O–H groups in total. The smallest absolute Gasteiger partial charge is 0.150 e. The fourth-order valence-corrected chi connectivity index (χ4v) is 1.32. The minimum Gasteiger partial charge on any atom is -0.298 e. The van der Waals surface area contributed by atoms with Crippen molar-refractivity contribution in [2.24, 2.45) is 0 Å². The van der Waals surface area contributed by atoms with Gasteiger partial charge in [-0.15, -0.1) is 0 Å². The summed E-state index contributed by atoms with van der Waals surface area (Å²) >= 11 is 8.35. The lowest BCUT2D eigenvalue weighted by Gasteiger charge is -2.03. The van der Waals surface area contributed by atoms with Gasteiger partial charge in [0.1, 0.15) is 6.29 Å². The summed E-state index contributed by atoms with van der Waals surface area (Å²) in [6.45, 7) is 0. The molecule has 0 aliphatic rings. The van der Waals surface area contributed by atoms with Crippen LogP contribution in [0.5, 0.6) is 0 Å². The molecule has 13 heavy (non-hydrogen) atoms. The molecule has 3 heteroatoms. The number of aldehydes is 1. The molecule has 0 aliphatic heterocycles. The van der Waals surface area contributed by atoms with Gasteiger partial charge in [0.15, 0.2) is 0 Å². The molecule has 1 aromatic carbocycles. The van der Waals surface area contributed by atoms with Crippen LogP contribution in [0.3, 0.4) is 0 Å². The van der Waals surface area contributed by atoms with Gasteiger partial charge in [-0.1, -0.05) is 24.3 Å². The van der Waals surface area contributed by atoms with Gasteiger partial charge in [0.2, 0.25) is 0 Å². The maximum absolute atomic E-state index is 10.4. The Bertz CT molecular complexity index is 267. The monoisotopic (exact) mass is 212 g/mol. The lowest BCUT2D eigenvalue weighted by molar-refractivity contribution is 0.112. The van der Waals surface area contributed by atoms with Gasteiger partial charge in [0.05, 0.1) is 0 Å². The van der Waals surface area contributed by atoms with Crippen molar-refractivity contribution in [3.05, 3.63) is 35.4 Å². The van der Waals surface area contributed by atoms with Crippen molar-refractivity contribution in [2.45, 2.75) is 17.4 Å². The SMILES string of the molecule is O=Cc1ccc(CCC(S)S)cc1. The van der Waals surface area contributed by atoms with Crippen LogP contribution in [0.4, 0.5) is 0 Å². The largest absolute Gasteiger partial charge is 0.298 e. The quantitative estimate of drug-likeness (QED) is 0.446. The summed E-state index contributed by atoms with van der Waals surface area (Å²) in [6.07, 6.45) is 2.74. The molecule has 1 aromatic rings. The summed E-state index contributed by atoms with van der Waals surface area (Å²) in [5.41, 5.74) is 1.94. The van der Waals surface area contributed by atoms with E-state index in [0.717, 1.165) is 24.7 Å². The predicted octanol–water partition coefficient (Wildman–Crippen LogP) is 2.62. The number of carbonyl (C=O) groups excluding carboxylic acids is 1. The van der Waals surface area contributed by atoms with Crippen molar-refractivity contribution in [3.8, 4) is 0 Å². The van der Waals surface area contributed by atoms with Crippen LogP contribution in [-0.4, -0.2) is 10.9 Å². The minimum absolute atomic E-state index is 0.130. The molecule has 0 aromatic heterocycles. The number of benzene rings is 1. The van der Waals surface area contributed by atoms with Crippen molar-refractivity contribution in [3.63, 3.8) is 0 Å². The van der Waals surface area contributed by atoms with Gasteiger partial charge >= 0.3 is 0 Å². The van der Waals surface area contributed by atoms with E-state index in [1.807, 2.05) is 24.3 Å². The summed E-state index contributed by atoms with van der Waals surface area (Å²) < 4.78 is 0.130. The van der Waals surface area contributed by atoms with Gasteiger partial charge in [0.25, 0.3) is 0 Å². The Morgan fingerprint density at radius 2 is 1.85 bits per heavy atom. The molecule has 0 spiro atoms. The van der Waals surface area contributed by atoms with Gasteiger partial charge in [-0.25, -0.2) is 0 Å². The summed E-state index contributed by atoms with van der Waals surface area (Å²) in [7, 11) is 0. The first-order valence-corrected chi connectivity index (χ1v) is 5.16. The van der Waals surface area contributed by atoms with Crippen LogP contribution >= 0.6 is 25.3 Å². The van der Waals surface area contributed by atoms with Crippen LogP contribution in [-0.2, 0) is 6.42 Å². The molecule has 1 rings (SSSR count). The van der Waals surface area contributed by atoms with E-state index in [9.17, 15) is 4.79 Å². The highest BCUT2D eigenvalue weighted by Crippen LogP contribution is 2.11. The highest BCUT2D eigenvalue weighted by atomic mass is 32.2. The molecule has 0 unspecified atom stereocenters. The van der Waals surface area contributed by atoms with E-state index in [2.05, 4.69) is 25.3 Å². The molecule has 0 aliphatic carbocycles. The second kappa shape index (κ2) is 5.35. The van der Waals surface area contributed by atoms with Crippen molar-refractivity contribution >= 4 is 31.5 Å². The third kappa shape index (κ3) is 3.87. The lowest BCUT2D eigenvalue weighted by atomic mass is 10.1. The first kappa shape index (κ1) is 10.7. The summed E-state index contributed by atoms with van der Waals surface area (Å²) in [6, 6.07) is 7.59. The molecule has 1 nitrogen and oxygen atoms in total. The standard InChI is InChI=1S/C10H12OS2/c11-7-9-3-1-8(2-4-9)5-6-10(12)13/h1-4,7,10,12-13H,5-6H2. The van der Waals surface area contributed by atoms with Crippen LogP contribution in [0, 0.1) is 0 Å². The molecule has 0 atom stereocenters. The fraction of sp³-hybridized carbons (Fsp3) is 0.300. The molecular weight excluding hydrogens is 200 g/mol. The Morgan fingerprint density at radius 3 is 2.31 bits per heavy atom. The van der Waals surface area contributed by atoms with Crippen LogP contribution < -0.4 is 0 Å². The molecule has 0 bridgehead atoms. The molecular formula is C10H12OS2. The van der Waals surface area contributed by atoms with Crippen LogP contribution in [0.25, 0.3) is 0 Å². The van der Waals surface area contributed by atoms with Gasteiger partial charge in [0, 0.05) is 10.1 Å². The zero-order chi connectivity index (χ0) is 9.68. The molecule has 0 amide bonds. The van der Waals surface area contributed by atoms with E-state index < -0.39 is 0 Å². The van der Waals surface area contributed by atoms with Crippen molar-refractivity contribution in [2.75, 3.05) is 0 Å². The third-order valence-corrected chi connectivity index (χ3v) is 2.32. The average Bonchev–Trinajstić information content (AvgIpc) is 2.15. The second-order valence-corrected chi connectivity index (χ2v) is 4.53. The average molecular weight is 212 g/mol. The minimum atomic E-state index is 0.130. The van der Waals surface area contributed by atoms with Crippen molar-refractivity contribution < 1.29 is 4.79 Å². The van der Waals surface area contributed by atoms with Crippen LogP contribution in [0.2, 0.25) is 0 Å². The summed E-state index contributed by atoms with van der Waals surface area (Å²) in [5, 5.41) is 0. The lowest BCUT2D eigenvalue weighted by Crippen LogP contribution is -1.92. The Labute approximate surface area is 89.4 Å². The molecule has 0 radical (unpaired) electrons. The highest BCUT2D eigenvalue weighted by molar-refractivity contribution is 7.99. The van der Waals surface area contributed by atoms with Crippen molar-refractivity contribution in [1.29, 1.82) is 0 Å². The van der Waals surface area contributed by atoms with Gasteiger partial charge in [-0.3, -0.25) is 4.79 Å². The van der Waals surface area contributed by atoms with Gasteiger partial charge in [-0.05, 0) is 18.4 Å². The molecule has 0 saturated carbocycles. The van der Waals surface area contributed by atoms with Crippen LogP contribution in [0.15, 0.2) is 24.3 Å². The van der Waals surface area contributed by atoms with Crippen LogP contribution in [0.1, 0.15) is 22.3 Å². The first-order chi connectivity index (χ1) is 6.22. The van der Waals surface area contributed by atoms with Gasteiger partial charge < -0.3 is 0 Å². The number of carbonyl (C=O) groups is 1. The third-order valence-electron chi connectivity index (χ3n) is 1.81. The van der Waals surface area contributed by atoms with E-state index in [1.54, 1.807) is 0 Å². The van der Waals surface area contributed by atoms with E-state index >= 15 is 0 Å². The number of rotatable bonds is 4. The Hall–Kier alpha value is -0.410. The van der Waals surface area contributed by atoms with E-state index in [0.29, 0.717) is 0 Å². The zero-order valence-corrected chi connectivity index (χ0v) is 8.97. The van der Waals surface area contributed by atoms with E-state index in [1.165, 1.54) is 5.56 Å². The Kier molecular flexibility index (Phi) is 4.39. The predicted molar refractivity (Wildman–Crippen MR) is 61.9 cm³/mol. The topological polar surface area (TPSA) is 17.1 Å². The highest BCUT2D eigenvalue weighted by Gasteiger charge is 1.97. The maximum atomic E-state index is 10.4. The molecule has 0 saturated heterocycles. The number of hydrogen-bond donors (Lipinski definition) is 2. The van der Waals surface area contributed by atoms with Crippen molar-refractivity contribution in [1.82, 2.24) is 0 Å². The van der Waals surface area contributed by atoms with Gasteiger partial charge in [-0.2, -0.15) is 25.3 Å². The number of thiol groups is 2. The second-order valence-electron chi connectivity index (χ2n) is 2.88. The summed E-state index contributed by atoms with van der Waals surface area (Å²) in [5.74, 6) is 0. The molecule has 0 heterocycles. The molecule has 70 valence electrons. The Balaban J connectivity index is 2.54. The zero-order valence-electron chi connectivity index (χ0n) is 7.18. The summed E-state index contributed by atoms with van der Waals surface area (Å²) in [4.78, 5) is 10.4.